The van der Waals surface area contributed by atoms with Gasteiger partial charge in [0.05, 0.1) is 9.95 Å². The van der Waals surface area contributed by atoms with Gasteiger partial charge in [0.25, 0.3) is 0 Å². The molecule has 0 fully saturated rings. The average Bonchev–Trinajstić information content (AvgIpc) is 2.51. The molecule has 24 heavy (non-hydrogen) atoms. The summed E-state index contributed by atoms with van der Waals surface area (Å²) in [7, 11) is -2.39. The van der Waals surface area contributed by atoms with Crippen LogP contribution >= 0.6 is 31.2 Å². The molecule has 0 saturated heterocycles. The van der Waals surface area contributed by atoms with Crippen LogP contribution < -0.4 is 10.0 Å². The number of nitro groups is 1. The lowest BCUT2D eigenvalue weighted by atomic mass is 10.2. The zero-order chi connectivity index (χ0) is 17.9. The summed E-state index contributed by atoms with van der Waals surface area (Å²) < 4.78 is 22.7. The van der Waals surface area contributed by atoms with Crippen molar-refractivity contribution in [3.63, 3.8) is 0 Å². The Bertz CT molecular complexity index is 816. The monoisotopic (exact) mass is 389 g/mol. The van der Waals surface area contributed by atoms with Gasteiger partial charge < -0.3 is 4.74 Å². The lowest BCUT2D eigenvalue weighted by Gasteiger charge is -2.09. The molecule has 1 atom stereocenters. The Morgan fingerprint density at radius 1 is 1.33 bits per heavy atom. The van der Waals surface area contributed by atoms with E-state index in [4.69, 9.17) is 32.5 Å². The van der Waals surface area contributed by atoms with Crippen LogP contribution in [0.4, 0.5) is 5.69 Å². The van der Waals surface area contributed by atoms with Gasteiger partial charge in [-0.05, 0) is 30.0 Å². The summed E-state index contributed by atoms with van der Waals surface area (Å²) in [6, 6.07) is 4.02. The van der Waals surface area contributed by atoms with Crippen molar-refractivity contribution in [2.75, 3.05) is 6.61 Å². The first-order chi connectivity index (χ1) is 11.3. The molecule has 1 aromatic heterocycles. The summed E-state index contributed by atoms with van der Waals surface area (Å²) in [6.45, 7) is 3.41. The maximum absolute atomic E-state index is 12.1. The molecular formula is C14H12Cl2N2O5P+. The highest BCUT2D eigenvalue weighted by Crippen LogP contribution is 2.35. The Labute approximate surface area is 148 Å². The molecule has 1 heterocycles. The number of ether oxygens (including phenoxy) is 1. The summed E-state index contributed by atoms with van der Waals surface area (Å²) in [5.74, 6) is 0.311. The number of nitro benzene ring substituents is 1. The quantitative estimate of drug-likeness (QED) is 0.400. The highest BCUT2D eigenvalue weighted by Gasteiger charge is 2.34. The van der Waals surface area contributed by atoms with Crippen LogP contribution in [0.3, 0.4) is 0 Å². The lowest BCUT2D eigenvalue weighted by molar-refractivity contribution is -0.383. The maximum atomic E-state index is 12.1. The van der Waals surface area contributed by atoms with E-state index in [0.29, 0.717) is 10.6 Å². The number of nitrogens with zero attached hydrogens (tertiary/aromatic N) is 2. The van der Waals surface area contributed by atoms with Crippen LogP contribution in [0.1, 0.15) is 12.5 Å². The predicted molar refractivity (Wildman–Crippen MR) is 91.0 cm³/mol. The molecular weight excluding hydrogens is 378 g/mol. The summed E-state index contributed by atoms with van der Waals surface area (Å²) in [4.78, 5) is 14.5. The fourth-order valence-electron chi connectivity index (χ4n) is 1.83. The van der Waals surface area contributed by atoms with Crippen molar-refractivity contribution in [1.82, 2.24) is 4.98 Å². The van der Waals surface area contributed by atoms with E-state index in [1.165, 1.54) is 24.4 Å². The van der Waals surface area contributed by atoms with E-state index in [1.807, 2.05) is 0 Å². The second-order valence-corrected chi connectivity index (χ2v) is 6.68. The highest BCUT2D eigenvalue weighted by molar-refractivity contribution is 7.48. The number of rotatable bonds is 6. The third-order valence-corrected chi connectivity index (χ3v) is 4.61. The molecule has 2 aromatic rings. The molecule has 2 rings (SSSR count). The first-order valence-electron chi connectivity index (χ1n) is 6.71. The Hall–Kier alpha value is -1.79. The van der Waals surface area contributed by atoms with Gasteiger partial charge in [-0.1, -0.05) is 23.2 Å². The highest BCUT2D eigenvalue weighted by atomic mass is 35.5. The number of benzene rings is 1. The number of hydrogen-bond acceptors (Lipinski definition) is 6. The number of hydrogen-bond donors (Lipinski definition) is 0. The molecule has 126 valence electrons. The van der Waals surface area contributed by atoms with Gasteiger partial charge in [-0.25, -0.2) is 4.98 Å². The van der Waals surface area contributed by atoms with Crippen molar-refractivity contribution in [2.24, 2.45) is 0 Å². The smallest absolute Gasteiger partial charge is 0.437 e. The SMILES string of the molecule is CCO[P+](=O)c1cc(Oc2ncc(Cl)cc2Cl)c(C)cc1[N+](=O)[O-]. The zero-order valence-electron chi connectivity index (χ0n) is 12.7. The van der Waals surface area contributed by atoms with Crippen molar-refractivity contribution in [2.45, 2.75) is 13.8 Å². The molecule has 0 N–H and O–H groups in total. The number of aromatic nitrogens is 1. The fourth-order valence-corrected chi connectivity index (χ4v) is 3.18. The van der Waals surface area contributed by atoms with Crippen molar-refractivity contribution in [1.29, 1.82) is 0 Å². The molecule has 1 aromatic carbocycles. The van der Waals surface area contributed by atoms with Crippen LogP contribution in [-0.4, -0.2) is 16.5 Å². The number of aryl methyl sites for hydroxylation is 1. The number of halogens is 2. The summed E-state index contributed by atoms with van der Waals surface area (Å²) in [5.41, 5.74) is 0.155. The van der Waals surface area contributed by atoms with Crippen molar-refractivity contribution in [3.05, 3.63) is 50.1 Å². The molecule has 0 saturated carbocycles. The Kier molecular flexibility index (Phi) is 6.07. The van der Waals surface area contributed by atoms with Crippen LogP contribution in [0, 0.1) is 17.0 Å². The van der Waals surface area contributed by atoms with Gasteiger partial charge in [-0.3, -0.25) is 10.1 Å². The summed E-state index contributed by atoms with van der Waals surface area (Å²) in [5, 5.41) is 11.6. The largest absolute Gasteiger partial charge is 0.556 e. The van der Waals surface area contributed by atoms with E-state index in [-0.39, 0.29) is 34.3 Å². The molecule has 0 spiro atoms. The molecule has 10 heteroatoms. The molecule has 0 amide bonds. The molecule has 0 aliphatic carbocycles. The molecule has 1 unspecified atom stereocenters. The third-order valence-electron chi connectivity index (χ3n) is 2.89. The van der Waals surface area contributed by atoms with E-state index < -0.39 is 13.0 Å². The summed E-state index contributed by atoms with van der Waals surface area (Å²) >= 11 is 11.8. The van der Waals surface area contributed by atoms with Gasteiger partial charge in [0.1, 0.15) is 17.4 Å². The van der Waals surface area contributed by atoms with Gasteiger partial charge in [0.15, 0.2) is 0 Å². The minimum Gasteiger partial charge on any atom is -0.437 e. The second-order valence-electron chi connectivity index (χ2n) is 4.58. The Balaban J connectivity index is 2.48. The van der Waals surface area contributed by atoms with Crippen molar-refractivity contribution < 1.29 is 18.7 Å². The molecule has 0 aliphatic rings. The van der Waals surface area contributed by atoms with Gasteiger partial charge in [-0.15, -0.1) is 4.52 Å². The van der Waals surface area contributed by atoms with E-state index in [0.717, 1.165) is 0 Å². The Morgan fingerprint density at radius 2 is 2.04 bits per heavy atom. The second kappa shape index (κ2) is 7.85. The van der Waals surface area contributed by atoms with Crippen LogP contribution in [0.5, 0.6) is 11.6 Å². The van der Waals surface area contributed by atoms with E-state index in [2.05, 4.69) is 4.98 Å². The van der Waals surface area contributed by atoms with Crippen molar-refractivity contribution >= 4 is 42.2 Å². The fraction of sp³-hybridized carbons (Fsp3) is 0.214. The minimum atomic E-state index is -2.39. The van der Waals surface area contributed by atoms with E-state index >= 15 is 0 Å². The molecule has 0 radical (unpaired) electrons. The zero-order valence-corrected chi connectivity index (χ0v) is 15.1. The summed E-state index contributed by atoms with van der Waals surface area (Å²) in [6.07, 6.45) is 1.35. The molecule has 7 nitrogen and oxygen atoms in total. The van der Waals surface area contributed by atoms with Gasteiger partial charge in [0, 0.05) is 18.3 Å². The topological polar surface area (TPSA) is 91.6 Å². The van der Waals surface area contributed by atoms with Gasteiger partial charge in [0.2, 0.25) is 5.88 Å². The predicted octanol–water partition coefficient (Wildman–Crippen LogP) is 4.80. The third kappa shape index (κ3) is 4.19. The average molecular weight is 390 g/mol. The van der Waals surface area contributed by atoms with E-state index in [9.17, 15) is 14.7 Å². The maximum Gasteiger partial charge on any atom is 0.556 e. The minimum absolute atomic E-state index is 0.0671. The van der Waals surface area contributed by atoms with Gasteiger partial charge in [-0.2, -0.15) is 0 Å². The van der Waals surface area contributed by atoms with Crippen LogP contribution in [-0.2, 0) is 9.09 Å². The van der Waals surface area contributed by atoms with Gasteiger partial charge >= 0.3 is 19.0 Å². The van der Waals surface area contributed by atoms with Crippen LogP contribution in [0.15, 0.2) is 24.4 Å². The molecule has 0 bridgehead atoms. The molecule has 0 aliphatic heterocycles. The number of pyridine rings is 1. The van der Waals surface area contributed by atoms with Crippen LogP contribution in [0.25, 0.3) is 0 Å². The first-order valence-corrected chi connectivity index (χ1v) is 8.65. The van der Waals surface area contributed by atoms with E-state index in [1.54, 1.807) is 13.8 Å². The Morgan fingerprint density at radius 3 is 2.62 bits per heavy atom. The first kappa shape index (κ1) is 18.5. The normalized spacial score (nSPS) is 11.2. The van der Waals surface area contributed by atoms with Crippen molar-refractivity contribution in [3.8, 4) is 11.6 Å². The van der Waals surface area contributed by atoms with Crippen LogP contribution in [0.2, 0.25) is 10.0 Å². The lowest BCUT2D eigenvalue weighted by Crippen LogP contribution is -2.08. The standard InChI is InChI=1S/C14H12Cl2N2O5P/c1-3-22-24(21)13-6-12(8(2)4-11(13)18(19)20)23-14-10(16)5-9(15)7-17-14/h4-7H,3H2,1-2H3/q+1.